The van der Waals surface area contributed by atoms with Crippen molar-refractivity contribution in [3.8, 4) is 0 Å². The van der Waals surface area contributed by atoms with Crippen molar-refractivity contribution in [1.29, 1.82) is 0 Å². The van der Waals surface area contributed by atoms with Crippen LogP contribution in [0, 0.1) is 0 Å². The Labute approximate surface area is 175 Å². The molecule has 1 fully saturated rings. The van der Waals surface area contributed by atoms with Crippen LogP contribution >= 0.6 is 27.7 Å². The molecule has 2 amide bonds. The van der Waals surface area contributed by atoms with Gasteiger partial charge in [-0.1, -0.05) is 25.0 Å². The van der Waals surface area contributed by atoms with Crippen molar-refractivity contribution in [3.05, 3.63) is 34.3 Å². The second kappa shape index (κ2) is 12.4. The van der Waals surface area contributed by atoms with Crippen molar-refractivity contribution < 1.29 is 9.59 Å². The first-order valence-electron chi connectivity index (χ1n) is 9.66. The summed E-state index contributed by atoms with van der Waals surface area (Å²) >= 11 is 5.07. The SMILES string of the molecule is CSCCC(NC(=O)c1ccccc1Br)C(=O)NCCN1CCCCCC1. The number of benzene rings is 1. The number of halogens is 1. The van der Waals surface area contributed by atoms with E-state index in [1.807, 2.05) is 24.5 Å². The maximum Gasteiger partial charge on any atom is 0.253 e. The van der Waals surface area contributed by atoms with E-state index in [0.29, 0.717) is 18.5 Å². The summed E-state index contributed by atoms with van der Waals surface area (Å²) in [6.45, 7) is 3.73. The van der Waals surface area contributed by atoms with Crippen LogP contribution in [-0.2, 0) is 4.79 Å². The molecule has 1 aliphatic heterocycles. The molecule has 0 bridgehead atoms. The monoisotopic (exact) mass is 455 g/mol. The molecular weight excluding hydrogens is 426 g/mol. The predicted molar refractivity (Wildman–Crippen MR) is 116 cm³/mol. The van der Waals surface area contributed by atoms with Crippen LogP contribution in [0.2, 0.25) is 0 Å². The normalized spacial score (nSPS) is 16.4. The molecule has 1 saturated heterocycles. The highest BCUT2D eigenvalue weighted by Crippen LogP contribution is 2.16. The highest BCUT2D eigenvalue weighted by Gasteiger charge is 2.22. The lowest BCUT2D eigenvalue weighted by Gasteiger charge is -2.22. The molecular formula is C20H30BrN3O2S. The minimum Gasteiger partial charge on any atom is -0.353 e. The van der Waals surface area contributed by atoms with E-state index in [1.165, 1.54) is 25.7 Å². The van der Waals surface area contributed by atoms with Crippen LogP contribution in [-0.4, -0.2) is 60.9 Å². The molecule has 1 aromatic carbocycles. The van der Waals surface area contributed by atoms with Gasteiger partial charge in [-0.3, -0.25) is 9.59 Å². The van der Waals surface area contributed by atoms with Gasteiger partial charge in [0, 0.05) is 17.6 Å². The topological polar surface area (TPSA) is 61.4 Å². The lowest BCUT2D eigenvalue weighted by molar-refractivity contribution is -0.123. The van der Waals surface area contributed by atoms with Gasteiger partial charge in [-0.15, -0.1) is 0 Å². The smallest absolute Gasteiger partial charge is 0.253 e. The van der Waals surface area contributed by atoms with Crippen molar-refractivity contribution in [2.45, 2.75) is 38.1 Å². The Morgan fingerprint density at radius 2 is 1.89 bits per heavy atom. The van der Waals surface area contributed by atoms with Crippen LogP contribution in [0.1, 0.15) is 42.5 Å². The van der Waals surface area contributed by atoms with Crippen molar-refractivity contribution in [2.24, 2.45) is 0 Å². The van der Waals surface area contributed by atoms with Crippen molar-refractivity contribution in [2.75, 3.05) is 38.2 Å². The summed E-state index contributed by atoms with van der Waals surface area (Å²) in [5.41, 5.74) is 0.545. The van der Waals surface area contributed by atoms with Crippen LogP contribution in [0.25, 0.3) is 0 Å². The quantitative estimate of drug-likeness (QED) is 0.599. The van der Waals surface area contributed by atoms with E-state index in [4.69, 9.17) is 0 Å². The van der Waals surface area contributed by atoms with E-state index in [1.54, 1.807) is 17.8 Å². The number of carbonyl (C=O) groups is 2. The van der Waals surface area contributed by atoms with E-state index >= 15 is 0 Å². The molecule has 0 aromatic heterocycles. The number of thioether (sulfide) groups is 1. The van der Waals surface area contributed by atoms with E-state index in [0.717, 1.165) is 29.9 Å². The summed E-state index contributed by atoms with van der Waals surface area (Å²) in [7, 11) is 0. The number of hydrogen-bond acceptors (Lipinski definition) is 4. The molecule has 0 radical (unpaired) electrons. The summed E-state index contributed by atoms with van der Waals surface area (Å²) in [5, 5.41) is 5.91. The van der Waals surface area contributed by atoms with Crippen molar-refractivity contribution in [3.63, 3.8) is 0 Å². The zero-order valence-corrected chi connectivity index (χ0v) is 18.4. The number of carbonyl (C=O) groups excluding carboxylic acids is 2. The zero-order valence-electron chi connectivity index (χ0n) is 16.0. The molecule has 5 nitrogen and oxygen atoms in total. The Bertz CT molecular complexity index is 607. The third-order valence-corrected chi connectivity index (χ3v) is 6.11. The van der Waals surface area contributed by atoms with E-state index in [-0.39, 0.29) is 11.8 Å². The van der Waals surface area contributed by atoms with Gasteiger partial charge in [0.2, 0.25) is 5.91 Å². The minimum atomic E-state index is -0.513. The average Bonchev–Trinajstić information content (AvgIpc) is 2.94. The fourth-order valence-corrected chi connectivity index (χ4v) is 4.14. The molecule has 27 heavy (non-hydrogen) atoms. The molecule has 1 unspecified atom stereocenters. The van der Waals surface area contributed by atoms with Gasteiger partial charge >= 0.3 is 0 Å². The Balaban J connectivity index is 1.86. The lowest BCUT2D eigenvalue weighted by atomic mass is 10.1. The molecule has 0 aliphatic carbocycles. The van der Waals surface area contributed by atoms with Crippen molar-refractivity contribution >= 4 is 39.5 Å². The van der Waals surface area contributed by atoms with Crippen LogP contribution in [0.4, 0.5) is 0 Å². The van der Waals surface area contributed by atoms with Gasteiger partial charge in [-0.25, -0.2) is 0 Å². The number of likely N-dealkylation sites (tertiary alicyclic amines) is 1. The van der Waals surface area contributed by atoms with Gasteiger partial charge in [0.05, 0.1) is 5.56 Å². The molecule has 2 rings (SSSR count). The second-order valence-electron chi connectivity index (χ2n) is 6.83. The number of amides is 2. The minimum absolute atomic E-state index is 0.0979. The Morgan fingerprint density at radius 3 is 2.56 bits per heavy atom. The van der Waals surface area contributed by atoms with Crippen LogP contribution in [0.15, 0.2) is 28.7 Å². The molecule has 0 saturated carbocycles. The van der Waals surface area contributed by atoms with E-state index < -0.39 is 6.04 Å². The molecule has 2 N–H and O–H groups in total. The van der Waals surface area contributed by atoms with Gasteiger partial charge in [0.1, 0.15) is 6.04 Å². The summed E-state index contributed by atoms with van der Waals surface area (Å²) in [5.74, 6) is 0.496. The molecule has 1 aromatic rings. The summed E-state index contributed by atoms with van der Waals surface area (Å²) in [4.78, 5) is 27.6. The Kier molecular flexibility index (Phi) is 10.2. The Morgan fingerprint density at radius 1 is 1.19 bits per heavy atom. The highest BCUT2D eigenvalue weighted by atomic mass is 79.9. The highest BCUT2D eigenvalue weighted by molar-refractivity contribution is 9.10. The summed E-state index contributed by atoms with van der Waals surface area (Å²) in [6, 6.07) is 6.75. The standard InChI is InChI=1S/C20H30BrN3O2S/c1-27-15-10-18(23-19(25)16-8-4-5-9-17(16)21)20(26)22-11-14-24-12-6-2-3-7-13-24/h4-5,8-9,18H,2-3,6-7,10-15H2,1H3,(H,22,26)(H,23,25). The molecule has 1 aliphatic rings. The fourth-order valence-electron chi connectivity index (χ4n) is 3.21. The Hall–Kier alpha value is -1.05. The number of hydrogen-bond donors (Lipinski definition) is 2. The largest absolute Gasteiger partial charge is 0.353 e. The van der Waals surface area contributed by atoms with Gasteiger partial charge < -0.3 is 15.5 Å². The summed E-state index contributed by atoms with van der Waals surface area (Å²) < 4.78 is 0.729. The third kappa shape index (κ3) is 7.84. The molecule has 150 valence electrons. The third-order valence-electron chi connectivity index (χ3n) is 4.78. The number of rotatable bonds is 9. The molecule has 7 heteroatoms. The number of nitrogens with one attached hydrogen (secondary N) is 2. The van der Waals surface area contributed by atoms with Crippen molar-refractivity contribution in [1.82, 2.24) is 15.5 Å². The molecule has 0 spiro atoms. The average molecular weight is 456 g/mol. The van der Waals surface area contributed by atoms with Gasteiger partial charge in [0.15, 0.2) is 0 Å². The number of nitrogens with zero attached hydrogens (tertiary/aromatic N) is 1. The maximum atomic E-state index is 12.6. The summed E-state index contributed by atoms with van der Waals surface area (Å²) in [6.07, 6.45) is 7.72. The van der Waals surface area contributed by atoms with E-state index in [9.17, 15) is 9.59 Å². The maximum absolute atomic E-state index is 12.6. The van der Waals surface area contributed by atoms with Crippen LogP contribution < -0.4 is 10.6 Å². The first-order chi connectivity index (χ1) is 13.1. The fraction of sp³-hybridized carbons (Fsp3) is 0.600. The first kappa shape index (κ1) is 22.2. The van der Waals surface area contributed by atoms with Gasteiger partial charge in [-0.2, -0.15) is 11.8 Å². The second-order valence-corrected chi connectivity index (χ2v) is 8.67. The molecule has 1 atom stereocenters. The van der Waals surface area contributed by atoms with Crippen LogP contribution in [0.5, 0.6) is 0 Å². The van der Waals surface area contributed by atoms with E-state index in [2.05, 4.69) is 31.5 Å². The lowest BCUT2D eigenvalue weighted by Crippen LogP contribution is -2.48. The van der Waals surface area contributed by atoms with Gasteiger partial charge in [-0.05, 0) is 72.4 Å². The first-order valence-corrected chi connectivity index (χ1v) is 11.8. The van der Waals surface area contributed by atoms with Gasteiger partial charge in [0.25, 0.3) is 5.91 Å². The predicted octanol–water partition coefficient (Wildman–Crippen LogP) is 3.29. The van der Waals surface area contributed by atoms with Crippen LogP contribution in [0.3, 0.4) is 0 Å². The molecule has 1 heterocycles. The zero-order chi connectivity index (χ0) is 19.5.